The highest BCUT2D eigenvalue weighted by Crippen LogP contribution is 2.34. The summed E-state index contributed by atoms with van der Waals surface area (Å²) in [7, 11) is 2.21. The molecule has 12 heteroatoms. The maximum atomic E-state index is 12.3. The van der Waals surface area contributed by atoms with E-state index in [4.69, 9.17) is 21.1 Å². The molecule has 0 spiro atoms. The first kappa shape index (κ1) is 25.8. The zero-order valence-electron chi connectivity index (χ0n) is 19.8. The van der Waals surface area contributed by atoms with Crippen molar-refractivity contribution in [3.05, 3.63) is 62.7 Å². The van der Waals surface area contributed by atoms with Crippen LogP contribution in [0, 0.1) is 10.1 Å². The molecule has 0 radical (unpaired) electrons. The monoisotopic (exact) mass is 532 g/mol. The van der Waals surface area contributed by atoms with Crippen LogP contribution in [-0.2, 0) is 25.5 Å². The number of halogens is 1. The molecule has 36 heavy (non-hydrogen) atoms. The van der Waals surface area contributed by atoms with Crippen molar-refractivity contribution >= 4 is 56.7 Å². The number of fused-ring (bicyclic) bond motifs is 1. The third-order valence-electron chi connectivity index (χ3n) is 6.30. The molecule has 0 N–H and O–H groups in total. The first-order chi connectivity index (χ1) is 17.3. The van der Waals surface area contributed by atoms with Crippen molar-refractivity contribution in [3.8, 4) is 0 Å². The number of nitro groups is 1. The third kappa shape index (κ3) is 5.28. The summed E-state index contributed by atoms with van der Waals surface area (Å²) < 4.78 is 15.2. The second-order valence-corrected chi connectivity index (χ2v) is 9.53. The maximum Gasteiger partial charge on any atom is 0.324 e. The summed E-state index contributed by atoms with van der Waals surface area (Å²) >= 11 is 7.87. The molecule has 0 unspecified atom stereocenters. The predicted octanol–water partition coefficient (Wildman–Crippen LogP) is 3.65. The van der Waals surface area contributed by atoms with Crippen molar-refractivity contribution in [1.82, 2.24) is 9.27 Å². The number of piperazine rings is 1. The fourth-order valence-electron chi connectivity index (χ4n) is 4.36. The predicted molar refractivity (Wildman–Crippen MR) is 137 cm³/mol. The average molecular weight is 533 g/mol. The molecule has 0 amide bonds. The van der Waals surface area contributed by atoms with Gasteiger partial charge in [0.15, 0.2) is 5.92 Å². The largest absolute Gasteiger partial charge is 0.468 e. The van der Waals surface area contributed by atoms with Gasteiger partial charge in [-0.2, -0.15) is 4.37 Å². The van der Waals surface area contributed by atoms with Crippen molar-refractivity contribution < 1.29 is 24.0 Å². The van der Waals surface area contributed by atoms with Crippen LogP contribution >= 0.6 is 23.1 Å². The summed E-state index contributed by atoms with van der Waals surface area (Å²) in [5.74, 6) is -2.45. The highest BCUT2D eigenvalue weighted by atomic mass is 35.5. The number of aromatic nitrogens is 1. The molecule has 10 nitrogen and oxygen atoms in total. The van der Waals surface area contributed by atoms with Gasteiger partial charge in [-0.1, -0.05) is 23.7 Å². The van der Waals surface area contributed by atoms with Crippen LogP contribution in [0.4, 0.5) is 11.5 Å². The van der Waals surface area contributed by atoms with Gasteiger partial charge < -0.3 is 14.4 Å². The van der Waals surface area contributed by atoms with Gasteiger partial charge in [0.25, 0.3) is 5.69 Å². The van der Waals surface area contributed by atoms with E-state index in [1.54, 1.807) is 0 Å². The molecule has 2 heterocycles. The van der Waals surface area contributed by atoms with Crippen molar-refractivity contribution in [2.24, 2.45) is 0 Å². The van der Waals surface area contributed by atoms with Crippen molar-refractivity contribution in [3.63, 3.8) is 0 Å². The molecule has 2 aromatic carbocycles. The number of nitro benzene ring substituents is 1. The number of methoxy groups -OCH3 is 2. The van der Waals surface area contributed by atoms with Crippen LogP contribution in [0.2, 0.25) is 5.02 Å². The van der Waals surface area contributed by atoms with E-state index in [0.717, 1.165) is 56.3 Å². The SMILES string of the molecule is COC(=O)C(C(=O)OC)c1cc(CCN2CCN(c3nsc4ccccc34)CC2)c(Cl)cc1[N+](=O)[O-]. The number of hydrogen-bond donors (Lipinski definition) is 0. The molecule has 1 aromatic heterocycles. The normalized spacial score (nSPS) is 14.3. The number of carbonyl (C=O) groups is 2. The van der Waals surface area contributed by atoms with Gasteiger partial charge in [-0.3, -0.25) is 24.6 Å². The Balaban J connectivity index is 1.48. The number of nitrogens with zero attached hydrogens (tertiary/aromatic N) is 4. The van der Waals surface area contributed by atoms with Gasteiger partial charge in [-0.05, 0) is 41.7 Å². The molecule has 0 aliphatic carbocycles. The molecular weight excluding hydrogens is 508 g/mol. The average Bonchev–Trinajstić information content (AvgIpc) is 3.32. The fourth-order valence-corrected chi connectivity index (χ4v) is 5.40. The second kappa shape index (κ2) is 11.2. The van der Waals surface area contributed by atoms with Gasteiger partial charge in [0.2, 0.25) is 0 Å². The lowest BCUT2D eigenvalue weighted by molar-refractivity contribution is -0.385. The zero-order chi connectivity index (χ0) is 25.8. The Hall–Kier alpha value is -3.28. The van der Waals surface area contributed by atoms with Gasteiger partial charge in [0.1, 0.15) is 5.82 Å². The molecular formula is C24H25ClN4O6S. The first-order valence-corrected chi connectivity index (χ1v) is 12.4. The van der Waals surface area contributed by atoms with Gasteiger partial charge in [0.05, 0.1) is 34.4 Å². The topological polar surface area (TPSA) is 115 Å². The Labute approximate surface area is 216 Å². The smallest absolute Gasteiger partial charge is 0.324 e. The van der Waals surface area contributed by atoms with E-state index in [1.807, 2.05) is 12.1 Å². The van der Waals surface area contributed by atoms with E-state index in [9.17, 15) is 19.7 Å². The Morgan fingerprint density at radius 2 is 1.81 bits per heavy atom. The highest BCUT2D eigenvalue weighted by Gasteiger charge is 2.37. The van der Waals surface area contributed by atoms with Gasteiger partial charge in [0, 0.05) is 44.2 Å². The summed E-state index contributed by atoms with van der Waals surface area (Å²) in [6.07, 6.45) is 0.485. The van der Waals surface area contributed by atoms with E-state index in [2.05, 4.69) is 26.3 Å². The molecule has 190 valence electrons. The first-order valence-electron chi connectivity index (χ1n) is 11.3. The number of hydrogen-bond acceptors (Lipinski definition) is 10. The Kier molecular flexibility index (Phi) is 8.02. The molecule has 1 saturated heterocycles. The Morgan fingerprint density at radius 3 is 2.44 bits per heavy atom. The highest BCUT2D eigenvalue weighted by molar-refractivity contribution is 7.13. The number of benzene rings is 2. The van der Waals surface area contributed by atoms with E-state index >= 15 is 0 Å². The second-order valence-electron chi connectivity index (χ2n) is 8.32. The number of esters is 2. The van der Waals surface area contributed by atoms with Gasteiger partial charge in [-0.25, -0.2) is 0 Å². The molecule has 1 aliphatic heterocycles. The van der Waals surface area contributed by atoms with E-state index in [0.29, 0.717) is 18.5 Å². The van der Waals surface area contributed by atoms with Crippen LogP contribution in [0.3, 0.4) is 0 Å². The number of ether oxygens (including phenoxy) is 2. The minimum atomic E-state index is -1.58. The zero-order valence-corrected chi connectivity index (χ0v) is 21.4. The summed E-state index contributed by atoms with van der Waals surface area (Å²) in [5, 5.41) is 13.0. The standard InChI is InChI=1S/C24H25ClN4O6S/c1-34-23(30)21(24(31)35-2)17-13-15(18(25)14-19(17)29(32)33)7-8-27-9-11-28(12-10-27)22-16-5-3-4-6-20(16)36-26-22/h3-6,13-14,21H,7-12H2,1-2H3. The molecule has 0 bridgehead atoms. The van der Waals surface area contributed by atoms with Crippen LogP contribution < -0.4 is 4.90 Å². The van der Waals surface area contributed by atoms with E-state index in [-0.39, 0.29) is 10.6 Å². The molecule has 1 fully saturated rings. The van der Waals surface area contributed by atoms with Crippen LogP contribution in [0.25, 0.3) is 10.1 Å². The fraction of sp³-hybridized carbons (Fsp3) is 0.375. The maximum absolute atomic E-state index is 12.3. The lowest BCUT2D eigenvalue weighted by Crippen LogP contribution is -2.47. The summed E-state index contributed by atoms with van der Waals surface area (Å²) in [6, 6.07) is 10.8. The molecule has 1 aliphatic rings. The molecule has 0 atom stereocenters. The van der Waals surface area contributed by atoms with Crippen LogP contribution in [0.5, 0.6) is 0 Å². The number of rotatable bonds is 8. The van der Waals surface area contributed by atoms with E-state index in [1.165, 1.54) is 23.7 Å². The van der Waals surface area contributed by atoms with Crippen LogP contribution in [0.15, 0.2) is 36.4 Å². The van der Waals surface area contributed by atoms with Crippen LogP contribution in [0.1, 0.15) is 17.0 Å². The van der Waals surface area contributed by atoms with Gasteiger partial charge >= 0.3 is 11.9 Å². The number of carbonyl (C=O) groups excluding carboxylic acids is 2. The van der Waals surface area contributed by atoms with E-state index < -0.39 is 28.5 Å². The van der Waals surface area contributed by atoms with Crippen LogP contribution in [-0.4, -0.2) is 73.1 Å². The lowest BCUT2D eigenvalue weighted by atomic mass is 9.94. The third-order valence-corrected chi connectivity index (χ3v) is 7.47. The minimum Gasteiger partial charge on any atom is -0.468 e. The van der Waals surface area contributed by atoms with Gasteiger partial charge in [-0.15, -0.1) is 0 Å². The Morgan fingerprint density at radius 1 is 1.14 bits per heavy atom. The lowest BCUT2D eigenvalue weighted by Gasteiger charge is -2.35. The van der Waals surface area contributed by atoms with Crippen molar-refractivity contribution in [2.45, 2.75) is 12.3 Å². The summed E-state index contributed by atoms with van der Waals surface area (Å²) in [4.78, 5) is 40.1. The minimum absolute atomic E-state index is 0.0988. The van der Waals surface area contributed by atoms with Crippen molar-refractivity contribution in [2.75, 3.05) is 51.8 Å². The molecule has 4 rings (SSSR count). The molecule has 0 saturated carbocycles. The summed E-state index contributed by atoms with van der Waals surface area (Å²) in [6.45, 7) is 3.93. The Bertz CT molecular complexity index is 1270. The summed E-state index contributed by atoms with van der Waals surface area (Å²) in [5.41, 5.74) is 0.0648. The molecule has 3 aromatic rings. The van der Waals surface area contributed by atoms with Crippen molar-refractivity contribution in [1.29, 1.82) is 0 Å². The quantitative estimate of drug-likeness (QED) is 0.185. The number of anilines is 1.